The van der Waals surface area contributed by atoms with Crippen LogP contribution >= 0.6 is 24.2 Å². The molecule has 0 aliphatic rings. The number of hydrogen-bond acceptors (Lipinski definition) is 7. The van der Waals surface area contributed by atoms with Gasteiger partial charge in [0.25, 0.3) is 0 Å². The predicted molar refractivity (Wildman–Crippen MR) is 170 cm³/mol. The molecule has 0 amide bonds. The van der Waals surface area contributed by atoms with E-state index >= 15 is 0 Å². The number of esters is 1. The molecule has 3 N–H and O–H groups in total. The number of aromatic amines is 1. The lowest BCUT2D eigenvalue weighted by Gasteiger charge is -2.28. The topological polar surface area (TPSA) is 105 Å². The molecular formula is C33H41ClN2O5S. The molecule has 7 nitrogen and oxygen atoms in total. The molecule has 3 aromatic carbocycles. The summed E-state index contributed by atoms with van der Waals surface area (Å²) in [5.74, 6) is 1.09. The minimum atomic E-state index is -1.19. The van der Waals surface area contributed by atoms with Crippen LogP contribution in [0.4, 0.5) is 0 Å². The first-order chi connectivity index (χ1) is 19.2. The van der Waals surface area contributed by atoms with Crippen molar-refractivity contribution in [2.45, 2.75) is 87.7 Å². The number of aliphatic hydroxyl groups is 1. The number of imidazole rings is 1. The molecule has 9 heteroatoms. The maximum Gasteiger partial charge on any atom is 0.335 e. The van der Waals surface area contributed by atoms with Gasteiger partial charge < -0.3 is 24.7 Å². The van der Waals surface area contributed by atoms with Crippen LogP contribution in [0.2, 0.25) is 0 Å². The van der Waals surface area contributed by atoms with Crippen molar-refractivity contribution in [2.75, 3.05) is 7.11 Å². The van der Waals surface area contributed by atoms with Gasteiger partial charge in [-0.05, 0) is 65.8 Å². The molecule has 0 bridgehead atoms. The van der Waals surface area contributed by atoms with Crippen LogP contribution in [-0.4, -0.2) is 39.4 Å². The number of nitrogens with zero attached hydrogens (tertiary/aromatic N) is 1. The number of carbonyl (C=O) groups excluding carboxylic acids is 1. The monoisotopic (exact) mass is 612 g/mol. The van der Waals surface area contributed by atoms with E-state index in [-0.39, 0.29) is 35.8 Å². The zero-order chi connectivity index (χ0) is 30.1. The minimum absolute atomic E-state index is 0. The summed E-state index contributed by atoms with van der Waals surface area (Å²) in [6.45, 7) is 14.6. The SMILES string of the molecule is COC(=O)C(O)Cc1ccc(OC(C)c2nc3ccc(Sc4cc(C(C)(C)C)c(O)c(C(C)(C)C)c4)cc3[nH]2)cc1.Cl. The Morgan fingerprint density at radius 1 is 0.952 bits per heavy atom. The minimum Gasteiger partial charge on any atom is -0.507 e. The number of nitrogens with one attached hydrogen (secondary N) is 1. The molecule has 0 fully saturated rings. The van der Waals surface area contributed by atoms with Crippen molar-refractivity contribution in [3.63, 3.8) is 0 Å². The molecule has 226 valence electrons. The standard InChI is InChI=1S/C33H40N2O5S.ClH/c1-19(40-21-11-9-20(10-12-21)15-28(36)31(38)39-8)30-34-26-14-13-22(18-27(26)35-30)41-23-16-24(32(2,3)4)29(37)25(17-23)33(5,6)7;/h9-14,16-19,28,36-37H,15H2,1-8H3,(H,34,35);1H. The van der Waals surface area contributed by atoms with E-state index in [4.69, 9.17) is 9.72 Å². The van der Waals surface area contributed by atoms with Crippen LogP contribution in [0, 0.1) is 0 Å². The van der Waals surface area contributed by atoms with Gasteiger partial charge in [0.15, 0.2) is 12.2 Å². The lowest BCUT2D eigenvalue weighted by Crippen LogP contribution is -2.24. The third-order valence-electron chi connectivity index (χ3n) is 6.93. The summed E-state index contributed by atoms with van der Waals surface area (Å²) < 4.78 is 10.7. The number of phenolic OH excluding ortho intramolecular Hbond substituents is 1. The Hall–Kier alpha value is -3.20. The summed E-state index contributed by atoms with van der Waals surface area (Å²) in [6, 6.07) is 17.6. The molecule has 4 rings (SSSR count). The van der Waals surface area contributed by atoms with Gasteiger partial charge in [-0.2, -0.15) is 0 Å². The number of rotatable bonds is 8. The van der Waals surface area contributed by atoms with Crippen molar-refractivity contribution < 1.29 is 24.5 Å². The second-order valence-electron chi connectivity index (χ2n) is 12.4. The van der Waals surface area contributed by atoms with Crippen LogP contribution in [0.25, 0.3) is 11.0 Å². The Morgan fingerprint density at radius 2 is 1.55 bits per heavy atom. The molecular weight excluding hydrogens is 572 g/mol. The molecule has 0 radical (unpaired) electrons. The quantitative estimate of drug-likeness (QED) is 0.176. The summed E-state index contributed by atoms with van der Waals surface area (Å²) in [6.07, 6.45) is -1.35. The molecule has 4 aromatic rings. The van der Waals surface area contributed by atoms with E-state index in [1.54, 1.807) is 11.8 Å². The van der Waals surface area contributed by atoms with Crippen molar-refractivity contribution in [1.82, 2.24) is 9.97 Å². The second-order valence-corrected chi connectivity index (χ2v) is 13.6. The highest BCUT2D eigenvalue weighted by Crippen LogP contribution is 2.43. The van der Waals surface area contributed by atoms with Crippen LogP contribution in [0.1, 0.15) is 77.1 Å². The molecule has 1 aromatic heterocycles. The first kappa shape index (κ1) is 33.3. The van der Waals surface area contributed by atoms with Gasteiger partial charge in [0.1, 0.15) is 17.3 Å². The third-order valence-corrected chi connectivity index (χ3v) is 7.89. The average Bonchev–Trinajstić information content (AvgIpc) is 3.32. The van der Waals surface area contributed by atoms with Gasteiger partial charge in [0.2, 0.25) is 0 Å². The number of fused-ring (bicyclic) bond motifs is 1. The number of methoxy groups -OCH3 is 1. The summed E-state index contributed by atoms with van der Waals surface area (Å²) in [5.41, 5.74) is 4.07. The highest BCUT2D eigenvalue weighted by atomic mass is 35.5. The van der Waals surface area contributed by atoms with E-state index in [2.05, 4.69) is 75.5 Å². The van der Waals surface area contributed by atoms with Crippen LogP contribution in [0.5, 0.6) is 11.5 Å². The number of phenols is 1. The summed E-state index contributed by atoms with van der Waals surface area (Å²) in [4.78, 5) is 21.8. The fourth-order valence-corrected chi connectivity index (χ4v) is 5.56. The number of ether oxygens (including phenoxy) is 2. The molecule has 2 unspecified atom stereocenters. The van der Waals surface area contributed by atoms with Gasteiger partial charge in [0, 0.05) is 27.3 Å². The van der Waals surface area contributed by atoms with Crippen molar-refractivity contribution >= 4 is 41.2 Å². The number of carbonyl (C=O) groups is 1. The van der Waals surface area contributed by atoms with E-state index in [1.807, 2.05) is 37.3 Å². The van der Waals surface area contributed by atoms with E-state index < -0.39 is 12.1 Å². The summed E-state index contributed by atoms with van der Waals surface area (Å²) >= 11 is 1.66. The normalized spacial score (nSPS) is 13.4. The number of halogens is 1. The van der Waals surface area contributed by atoms with E-state index in [0.29, 0.717) is 17.3 Å². The lowest BCUT2D eigenvalue weighted by atomic mass is 9.79. The fourth-order valence-electron chi connectivity index (χ4n) is 4.62. The maximum atomic E-state index is 11.5. The van der Waals surface area contributed by atoms with Gasteiger partial charge >= 0.3 is 5.97 Å². The van der Waals surface area contributed by atoms with E-state index in [9.17, 15) is 15.0 Å². The van der Waals surface area contributed by atoms with Gasteiger partial charge in [-0.25, -0.2) is 9.78 Å². The predicted octanol–water partition coefficient (Wildman–Crippen LogP) is 7.65. The Bertz CT molecular complexity index is 1500. The largest absolute Gasteiger partial charge is 0.507 e. The van der Waals surface area contributed by atoms with E-state index in [1.165, 1.54) is 7.11 Å². The molecule has 0 saturated heterocycles. The van der Waals surface area contributed by atoms with Crippen LogP contribution in [-0.2, 0) is 26.8 Å². The molecule has 42 heavy (non-hydrogen) atoms. The zero-order valence-electron chi connectivity index (χ0n) is 25.4. The van der Waals surface area contributed by atoms with Crippen molar-refractivity contribution in [3.05, 3.63) is 77.1 Å². The number of aromatic nitrogens is 2. The number of aliphatic hydroxyl groups excluding tert-OH is 1. The maximum absolute atomic E-state index is 11.5. The van der Waals surface area contributed by atoms with Crippen molar-refractivity contribution in [1.29, 1.82) is 0 Å². The molecule has 0 aliphatic heterocycles. The summed E-state index contributed by atoms with van der Waals surface area (Å²) in [7, 11) is 1.25. The molecule has 0 spiro atoms. The lowest BCUT2D eigenvalue weighted by molar-refractivity contribution is -0.150. The number of benzene rings is 3. The van der Waals surface area contributed by atoms with Crippen LogP contribution in [0.15, 0.2) is 64.4 Å². The summed E-state index contributed by atoms with van der Waals surface area (Å²) in [5, 5.41) is 20.9. The Kier molecular flexibility index (Phi) is 10.3. The Balaban J connectivity index is 0.00000484. The highest BCUT2D eigenvalue weighted by molar-refractivity contribution is 7.99. The van der Waals surface area contributed by atoms with Crippen LogP contribution in [0.3, 0.4) is 0 Å². The molecule has 0 aliphatic carbocycles. The number of H-pyrrole nitrogens is 1. The molecule has 0 saturated carbocycles. The van der Waals surface area contributed by atoms with Gasteiger partial charge in [-0.15, -0.1) is 12.4 Å². The molecule has 1 heterocycles. The van der Waals surface area contributed by atoms with Gasteiger partial charge in [-0.1, -0.05) is 65.4 Å². The first-order valence-electron chi connectivity index (χ1n) is 13.7. The van der Waals surface area contributed by atoms with Gasteiger partial charge in [-0.3, -0.25) is 0 Å². The van der Waals surface area contributed by atoms with Gasteiger partial charge in [0.05, 0.1) is 18.1 Å². The highest BCUT2D eigenvalue weighted by Gasteiger charge is 2.27. The fraction of sp³-hybridized carbons (Fsp3) is 0.394. The number of aromatic hydroxyl groups is 1. The smallest absolute Gasteiger partial charge is 0.335 e. The third kappa shape index (κ3) is 7.79. The van der Waals surface area contributed by atoms with Crippen molar-refractivity contribution in [3.8, 4) is 11.5 Å². The Labute approximate surface area is 258 Å². The number of hydrogen-bond donors (Lipinski definition) is 3. The second kappa shape index (κ2) is 13.0. The van der Waals surface area contributed by atoms with Crippen molar-refractivity contribution in [2.24, 2.45) is 0 Å². The average molecular weight is 613 g/mol. The Morgan fingerprint density at radius 3 is 2.10 bits per heavy atom. The van der Waals surface area contributed by atoms with E-state index in [0.717, 1.165) is 37.5 Å². The van der Waals surface area contributed by atoms with Crippen LogP contribution < -0.4 is 4.74 Å². The first-order valence-corrected chi connectivity index (χ1v) is 14.5. The zero-order valence-corrected chi connectivity index (χ0v) is 27.1. The molecule has 2 atom stereocenters.